The number of rotatable bonds is 1. The van der Waals surface area contributed by atoms with Gasteiger partial charge in [0.05, 0.1) is 11.1 Å². The molecule has 2 aromatic rings. The molecule has 4 heteroatoms. The van der Waals surface area contributed by atoms with Crippen molar-refractivity contribution in [3.8, 4) is 0 Å². The third-order valence-electron chi connectivity index (χ3n) is 1.92. The van der Waals surface area contributed by atoms with Crippen LogP contribution in [0, 0.1) is 0 Å². The van der Waals surface area contributed by atoms with Crippen molar-refractivity contribution in [3.05, 3.63) is 40.5 Å². The van der Waals surface area contributed by atoms with Gasteiger partial charge in [0.15, 0.2) is 0 Å². The van der Waals surface area contributed by atoms with Crippen LogP contribution in [0.25, 0.3) is 10.9 Å². The van der Waals surface area contributed by atoms with Crippen LogP contribution in [0.5, 0.6) is 0 Å². The van der Waals surface area contributed by atoms with E-state index in [1.165, 1.54) is 0 Å². The van der Waals surface area contributed by atoms with Gasteiger partial charge in [0.1, 0.15) is 0 Å². The van der Waals surface area contributed by atoms with Gasteiger partial charge in [-0.25, -0.2) is 0 Å². The van der Waals surface area contributed by atoms with Crippen molar-refractivity contribution in [2.24, 2.45) is 0 Å². The minimum Gasteiger partial charge on any atom is -0.275 e. The second kappa shape index (κ2) is 3.67. The molecule has 0 amide bonds. The normalized spacial score (nSPS) is 10.4. The Morgan fingerprint density at radius 2 is 2.14 bits per heavy atom. The molecule has 0 radical (unpaired) electrons. The predicted octanol–water partition coefficient (Wildman–Crippen LogP) is 3.38. The lowest BCUT2D eigenvalue weighted by atomic mass is 10.1. The van der Waals surface area contributed by atoms with E-state index >= 15 is 0 Å². The lowest BCUT2D eigenvalue weighted by molar-refractivity contribution is 0.108. The van der Waals surface area contributed by atoms with Gasteiger partial charge in [-0.05, 0) is 39.7 Å². The summed E-state index contributed by atoms with van der Waals surface area (Å²) >= 11 is 8.75. The smallest absolute Gasteiger partial charge is 0.255 e. The summed E-state index contributed by atoms with van der Waals surface area (Å²) in [6.07, 6.45) is 1.64. The van der Waals surface area contributed by atoms with Crippen LogP contribution in [-0.4, -0.2) is 10.2 Å². The number of hydrogen-bond donors (Lipinski definition) is 0. The summed E-state index contributed by atoms with van der Waals surface area (Å²) in [4.78, 5) is 15.3. The monoisotopic (exact) mass is 269 g/mol. The highest BCUT2D eigenvalue weighted by atomic mass is 79.9. The Morgan fingerprint density at radius 1 is 1.36 bits per heavy atom. The van der Waals surface area contributed by atoms with Crippen LogP contribution in [0.1, 0.15) is 10.4 Å². The second-order valence-electron chi connectivity index (χ2n) is 2.77. The summed E-state index contributed by atoms with van der Waals surface area (Å²) in [7, 11) is 0. The van der Waals surface area contributed by atoms with E-state index in [4.69, 9.17) is 11.6 Å². The van der Waals surface area contributed by atoms with Crippen molar-refractivity contribution >= 4 is 43.7 Å². The molecule has 0 saturated heterocycles. The molecule has 1 aromatic carbocycles. The first-order valence-electron chi connectivity index (χ1n) is 3.93. The first-order chi connectivity index (χ1) is 6.70. The fraction of sp³-hybridized carbons (Fsp3) is 0. The second-order valence-corrected chi connectivity index (χ2v) is 3.97. The Bertz CT molecular complexity index is 512. The summed E-state index contributed by atoms with van der Waals surface area (Å²) in [5, 5.41) is 0.404. The van der Waals surface area contributed by atoms with E-state index in [1.54, 1.807) is 12.3 Å². The van der Waals surface area contributed by atoms with Crippen LogP contribution in [0.3, 0.4) is 0 Å². The maximum absolute atomic E-state index is 11.2. The fourth-order valence-corrected chi connectivity index (χ4v) is 2.11. The van der Waals surface area contributed by atoms with Gasteiger partial charge in [0.2, 0.25) is 0 Å². The highest BCUT2D eigenvalue weighted by Gasteiger charge is 2.12. The average molecular weight is 271 g/mol. The van der Waals surface area contributed by atoms with Crippen molar-refractivity contribution in [1.82, 2.24) is 4.98 Å². The molecule has 0 bridgehead atoms. The van der Waals surface area contributed by atoms with Gasteiger partial charge < -0.3 is 0 Å². The molecular formula is C10H5BrClNO. The molecule has 1 heterocycles. The van der Waals surface area contributed by atoms with Crippen molar-refractivity contribution in [2.45, 2.75) is 0 Å². The summed E-state index contributed by atoms with van der Waals surface area (Å²) in [5.74, 6) is 0. The zero-order valence-electron chi connectivity index (χ0n) is 7.00. The molecule has 0 spiro atoms. The van der Waals surface area contributed by atoms with E-state index in [0.29, 0.717) is 15.6 Å². The molecule has 2 rings (SSSR count). The zero-order chi connectivity index (χ0) is 10.1. The number of aromatic nitrogens is 1. The van der Waals surface area contributed by atoms with Crippen LogP contribution in [0.4, 0.5) is 0 Å². The SMILES string of the molecule is O=C(Cl)c1c(Br)ccc2cccnc12. The topological polar surface area (TPSA) is 30.0 Å². The number of carbonyl (C=O) groups excluding carboxylic acids is 1. The minimum absolute atomic E-state index is 0.421. The number of hydrogen-bond acceptors (Lipinski definition) is 2. The van der Waals surface area contributed by atoms with Gasteiger partial charge in [0, 0.05) is 16.1 Å². The van der Waals surface area contributed by atoms with E-state index in [2.05, 4.69) is 20.9 Å². The van der Waals surface area contributed by atoms with E-state index in [1.807, 2.05) is 18.2 Å². The molecule has 0 aliphatic rings. The summed E-state index contributed by atoms with van der Waals surface area (Å²) < 4.78 is 0.670. The largest absolute Gasteiger partial charge is 0.275 e. The lowest BCUT2D eigenvalue weighted by Gasteiger charge is -2.02. The third kappa shape index (κ3) is 1.53. The van der Waals surface area contributed by atoms with Gasteiger partial charge in [-0.15, -0.1) is 0 Å². The Morgan fingerprint density at radius 3 is 2.86 bits per heavy atom. The molecule has 0 aliphatic carbocycles. The molecule has 0 saturated carbocycles. The van der Waals surface area contributed by atoms with Crippen molar-refractivity contribution < 1.29 is 4.79 Å². The van der Waals surface area contributed by atoms with Crippen LogP contribution in [0.15, 0.2) is 34.9 Å². The lowest BCUT2D eigenvalue weighted by Crippen LogP contribution is -1.94. The van der Waals surface area contributed by atoms with Crippen LogP contribution >= 0.6 is 27.5 Å². The maximum atomic E-state index is 11.2. The predicted molar refractivity (Wildman–Crippen MR) is 59.6 cm³/mol. The molecule has 70 valence electrons. The van der Waals surface area contributed by atoms with E-state index in [9.17, 15) is 4.79 Å². The molecule has 0 fully saturated rings. The Hall–Kier alpha value is -0.930. The number of carbonyl (C=O) groups is 1. The minimum atomic E-state index is -0.499. The summed E-state index contributed by atoms with van der Waals surface area (Å²) in [6, 6.07) is 7.38. The number of halogens is 2. The van der Waals surface area contributed by atoms with Gasteiger partial charge >= 0.3 is 0 Å². The molecule has 0 atom stereocenters. The van der Waals surface area contributed by atoms with E-state index < -0.39 is 5.24 Å². The van der Waals surface area contributed by atoms with Gasteiger partial charge in [-0.1, -0.05) is 12.1 Å². The molecule has 0 unspecified atom stereocenters. The van der Waals surface area contributed by atoms with Crippen molar-refractivity contribution in [2.75, 3.05) is 0 Å². The molecule has 1 aromatic heterocycles. The third-order valence-corrected chi connectivity index (χ3v) is 2.77. The number of fused-ring (bicyclic) bond motifs is 1. The maximum Gasteiger partial charge on any atom is 0.255 e. The standard InChI is InChI=1S/C10H5BrClNO/c11-7-4-3-6-2-1-5-13-9(6)8(7)10(12)14/h1-5H. The molecule has 0 N–H and O–H groups in total. The van der Waals surface area contributed by atoms with E-state index in [0.717, 1.165) is 5.39 Å². The van der Waals surface area contributed by atoms with Crippen LogP contribution in [0.2, 0.25) is 0 Å². The number of pyridine rings is 1. The molecule has 0 aliphatic heterocycles. The Kier molecular flexibility index (Phi) is 2.52. The number of nitrogens with zero attached hydrogens (tertiary/aromatic N) is 1. The highest BCUT2D eigenvalue weighted by molar-refractivity contribution is 9.10. The first kappa shape index (κ1) is 9.62. The molecular weight excluding hydrogens is 265 g/mol. The van der Waals surface area contributed by atoms with Crippen molar-refractivity contribution in [1.29, 1.82) is 0 Å². The zero-order valence-corrected chi connectivity index (χ0v) is 9.34. The van der Waals surface area contributed by atoms with Crippen LogP contribution < -0.4 is 0 Å². The Labute approximate surface area is 94.0 Å². The first-order valence-corrected chi connectivity index (χ1v) is 5.10. The average Bonchev–Trinajstić information content (AvgIpc) is 2.17. The highest BCUT2D eigenvalue weighted by Crippen LogP contribution is 2.26. The summed E-state index contributed by atoms with van der Waals surface area (Å²) in [6.45, 7) is 0. The van der Waals surface area contributed by atoms with E-state index in [-0.39, 0.29) is 0 Å². The van der Waals surface area contributed by atoms with Gasteiger partial charge in [-0.3, -0.25) is 9.78 Å². The van der Waals surface area contributed by atoms with Crippen LogP contribution in [-0.2, 0) is 0 Å². The Balaban J connectivity index is 2.90. The number of benzene rings is 1. The summed E-state index contributed by atoms with van der Waals surface area (Å²) in [5.41, 5.74) is 1.05. The van der Waals surface area contributed by atoms with Gasteiger partial charge in [-0.2, -0.15) is 0 Å². The quantitative estimate of drug-likeness (QED) is 0.744. The van der Waals surface area contributed by atoms with Crippen molar-refractivity contribution in [3.63, 3.8) is 0 Å². The molecule has 2 nitrogen and oxygen atoms in total. The molecule has 14 heavy (non-hydrogen) atoms. The van der Waals surface area contributed by atoms with Gasteiger partial charge in [0.25, 0.3) is 5.24 Å². The fourth-order valence-electron chi connectivity index (χ4n) is 1.31.